The van der Waals surface area contributed by atoms with Crippen LogP contribution in [0, 0.1) is 12.8 Å². The SMILES string of the molecule is Cc1ccc([C@@H]2C(C(=O)O)[C@H]2c2ccc(Cl)cc2)cc1. The van der Waals surface area contributed by atoms with Gasteiger partial charge in [-0.15, -0.1) is 0 Å². The summed E-state index contributed by atoms with van der Waals surface area (Å²) < 4.78 is 0. The average Bonchev–Trinajstić information content (AvgIpc) is 3.16. The van der Waals surface area contributed by atoms with Crippen molar-refractivity contribution in [3.63, 3.8) is 0 Å². The van der Waals surface area contributed by atoms with E-state index < -0.39 is 5.97 Å². The minimum absolute atomic E-state index is 0.0486. The number of carbonyl (C=O) groups is 1. The molecular weight excluding hydrogens is 272 g/mol. The molecule has 1 aliphatic carbocycles. The van der Waals surface area contributed by atoms with Gasteiger partial charge < -0.3 is 5.11 Å². The Kier molecular flexibility index (Phi) is 3.27. The third kappa shape index (κ3) is 2.32. The molecule has 1 saturated carbocycles. The van der Waals surface area contributed by atoms with E-state index in [0.29, 0.717) is 5.02 Å². The standard InChI is InChI=1S/C17H15ClO2/c1-10-2-4-11(5-3-10)14-15(16(14)17(19)20)12-6-8-13(18)9-7-12/h2-9,14-16H,1H3,(H,19,20)/t14-,15-,16?/m0/s1. The van der Waals surface area contributed by atoms with E-state index in [4.69, 9.17) is 11.6 Å². The quantitative estimate of drug-likeness (QED) is 0.917. The van der Waals surface area contributed by atoms with Crippen LogP contribution >= 0.6 is 11.6 Å². The molecule has 1 aliphatic rings. The van der Waals surface area contributed by atoms with Gasteiger partial charge in [-0.3, -0.25) is 4.79 Å². The topological polar surface area (TPSA) is 37.3 Å². The van der Waals surface area contributed by atoms with Gasteiger partial charge in [0.2, 0.25) is 0 Å². The Morgan fingerprint density at radius 3 is 1.85 bits per heavy atom. The van der Waals surface area contributed by atoms with Gasteiger partial charge in [-0.05, 0) is 30.2 Å². The number of aryl methyl sites for hydroxylation is 1. The molecule has 0 aromatic heterocycles. The van der Waals surface area contributed by atoms with Gasteiger partial charge in [0.05, 0.1) is 5.92 Å². The van der Waals surface area contributed by atoms with Crippen LogP contribution < -0.4 is 0 Å². The van der Waals surface area contributed by atoms with Gasteiger partial charge in [0.1, 0.15) is 0 Å². The van der Waals surface area contributed by atoms with Crippen molar-refractivity contribution in [2.45, 2.75) is 18.8 Å². The van der Waals surface area contributed by atoms with E-state index in [-0.39, 0.29) is 17.8 Å². The third-order valence-corrected chi connectivity index (χ3v) is 4.27. The zero-order valence-electron chi connectivity index (χ0n) is 11.1. The second-order valence-electron chi connectivity index (χ2n) is 5.38. The maximum absolute atomic E-state index is 11.4. The zero-order valence-corrected chi connectivity index (χ0v) is 11.8. The van der Waals surface area contributed by atoms with E-state index in [1.807, 2.05) is 55.5 Å². The number of aliphatic carboxylic acids is 1. The lowest BCUT2D eigenvalue weighted by Crippen LogP contribution is -2.00. The van der Waals surface area contributed by atoms with E-state index in [9.17, 15) is 9.90 Å². The minimum Gasteiger partial charge on any atom is -0.481 e. The summed E-state index contributed by atoms with van der Waals surface area (Å²) >= 11 is 5.89. The van der Waals surface area contributed by atoms with Crippen LogP contribution in [0.15, 0.2) is 48.5 Å². The van der Waals surface area contributed by atoms with Crippen LogP contribution in [-0.4, -0.2) is 11.1 Å². The van der Waals surface area contributed by atoms with Gasteiger partial charge >= 0.3 is 5.97 Å². The van der Waals surface area contributed by atoms with Crippen LogP contribution in [0.3, 0.4) is 0 Å². The lowest BCUT2D eigenvalue weighted by molar-refractivity contribution is -0.138. The van der Waals surface area contributed by atoms with E-state index in [1.165, 1.54) is 5.56 Å². The summed E-state index contributed by atoms with van der Waals surface area (Å²) in [5, 5.41) is 10.1. The average molecular weight is 287 g/mol. The van der Waals surface area contributed by atoms with Crippen LogP contribution in [0.4, 0.5) is 0 Å². The number of rotatable bonds is 3. The first-order valence-electron chi connectivity index (χ1n) is 6.63. The summed E-state index contributed by atoms with van der Waals surface area (Å²) in [4.78, 5) is 11.4. The summed E-state index contributed by atoms with van der Waals surface area (Å²) in [6.07, 6.45) is 0. The lowest BCUT2D eigenvalue weighted by Gasteiger charge is -2.02. The number of carboxylic acid groups (broad SMARTS) is 1. The zero-order chi connectivity index (χ0) is 14.3. The molecule has 3 heteroatoms. The van der Waals surface area contributed by atoms with Crippen molar-refractivity contribution in [1.29, 1.82) is 0 Å². The first-order chi connectivity index (χ1) is 9.58. The van der Waals surface area contributed by atoms with E-state index in [2.05, 4.69) is 0 Å². The maximum Gasteiger partial charge on any atom is 0.307 e. The molecule has 20 heavy (non-hydrogen) atoms. The van der Waals surface area contributed by atoms with Crippen LogP contribution in [0.25, 0.3) is 0 Å². The Bertz CT molecular complexity index is 580. The molecular formula is C17H15ClO2. The molecule has 0 aliphatic heterocycles. The molecule has 3 atom stereocenters. The Hall–Kier alpha value is -1.80. The third-order valence-electron chi connectivity index (χ3n) is 4.02. The van der Waals surface area contributed by atoms with E-state index >= 15 is 0 Å². The smallest absolute Gasteiger partial charge is 0.307 e. The summed E-state index contributed by atoms with van der Waals surface area (Å²) in [7, 11) is 0. The highest BCUT2D eigenvalue weighted by molar-refractivity contribution is 6.30. The molecule has 1 fully saturated rings. The first-order valence-corrected chi connectivity index (χ1v) is 7.00. The van der Waals surface area contributed by atoms with Gasteiger partial charge in [0.25, 0.3) is 0 Å². The second kappa shape index (κ2) is 4.95. The van der Waals surface area contributed by atoms with E-state index in [1.54, 1.807) is 0 Å². The second-order valence-corrected chi connectivity index (χ2v) is 5.81. The number of benzene rings is 2. The molecule has 0 bridgehead atoms. The number of halogens is 1. The largest absolute Gasteiger partial charge is 0.481 e. The van der Waals surface area contributed by atoms with Crippen molar-refractivity contribution in [2.24, 2.45) is 5.92 Å². The molecule has 0 amide bonds. The molecule has 2 nitrogen and oxygen atoms in total. The summed E-state index contributed by atoms with van der Waals surface area (Å²) in [6, 6.07) is 15.6. The van der Waals surface area contributed by atoms with Crippen LogP contribution in [-0.2, 0) is 4.79 Å². The maximum atomic E-state index is 11.4. The Labute approximate surface area is 123 Å². The van der Waals surface area contributed by atoms with Gasteiger partial charge in [-0.2, -0.15) is 0 Å². The Morgan fingerprint density at radius 1 is 0.950 bits per heavy atom. The highest BCUT2D eigenvalue weighted by Crippen LogP contribution is 2.60. The fourth-order valence-electron chi connectivity index (χ4n) is 2.92. The number of hydrogen-bond donors (Lipinski definition) is 1. The first kappa shape index (κ1) is 13.2. The molecule has 1 N–H and O–H groups in total. The predicted octanol–water partition coefficient (Wildman–Crippen LogP) is 4.23. The number of hydrogen-bond acceptors (Lipinski definition) is 1. The number of carboxylic acids is 1. The van der Waals surface area contributed by atoms with Gasteiger partial charge in [0.15, 0.2) is 0 Å². The van der Waals surface area contributed by atoms with Crippen molar-refractivity contribution in [2.75, 3.05) is 0 Å². The van der Waals surface area contributed by atoms with Crippen molar-refractivity contribution in [3.05, 3.63) is 70.2 Å². The highest BCUT2D eigenvalue weighted by atomic mass is 35.5. The lowest BCUT2D eigenvalue weighted by atomic mass is 10.0. The normalized spacial score (nSPS) is 24.4. The van der Waals surface area contributed by atoms with Crippen molar-refractivity contribution >= 4 is 17.6 Å². The molecule has 2 aromatic rings. The molecule has 0 spiro atoms. The van der Waals surface area contributed by atoms with E-state index in [0.717, 1.165) is 11.1 Å². The van der Waals surface area contributed by atoms with Crippen molar-refractivity contribution in [1.82, 2.24) is 0 Å². The van der Waals surface area contributed by atoms with Crippen molar-refractivity contribution in [3.8, 4) is 0 Å². The minimum atomic E-state index is -0.726. The van der Waals surface area contributed by atoms with Gasteiger partial charge in [0, 0.05) is 16.9 Å². The Balaban J connectivity index is 1.92. The molecule has 0 saturated heterocycles. The molecule has 0 radical (unpaired) electrons. The monoisotopic (exact) mass is 286 g/mol. The van der Waals surface area contributed by atoms with Gasteiger partial charge in [-0.1, -0.05) is 53.6 Å². The Morgan fingerprint density at radius 2 is 1.40 bits per heavy atom. The molecule has 1 unspecified atom stereocenters. The van der Waals surface area contributed by atoms with Crippen LogP contribution in [0.2, 0.25) is 5.02 Å². The van der Waals surface area contributed by atoms with Crippen molar-refractivity contribution < 1.29 is 9.90 Å². The summed E-state index contributed by atoms with van der Waals surface area (Å²) in [6.45, 7) is 2.03. The predicted molar refractivity (Wildman–Crippen MR) is 79.2 cm³/mol. The fourth-order valence-corrected chi connectivity index (χ4v) is 3.05. The highest BCUT2D eigenvalue weighted by Gasteiger charge is 2.56. The molecule has 102 valence electrons. The van der Waals surface area contributed by atoms with Gasteiger partial charge in [-0.25, -0.2) is 0 Å². The summed E-state index contributed by atoms with van der Waals surface area (Å²) in [5.74, 6) is -0.948. The molecule has 0 heterocycles. The molecule has 2 aromatic carbocycles. The fraction of sp³-hybridized carbons (Fsp3) is 0.235. The summed E-state index contributed by atoms with van der Waals surface area (Å²) in [5.41, 5.74) is 3.33. The van der Waals surface area contributed by atoms with Crippen LogP contribution in [0.5, 0.6) is 0 Å². The molecule has 3 rings (SSSR count). The van der Waals surface area contributed by atoms with Crippen LogP contribution in [0.1, 0.15) is 28.5 Å².